The highest BCUT2D eigenvalue weighted by molar-refractivity contribution is 5.85. The van der Waals surface area contributed by atoms with Crippen molar-refractivity contribution < 1.29 is 9.90 Å². The summed E-state index contributed by atoms with van der Waals surface area (Å²) in [7, 11) is 0. The van der Waals surface area contributed by atoms with Gasteiger partial charge in [0.15, 0.2) is 0 Å². The third kappa shape index (κ3) is 5.46. The summed E-state index contributed by atoms with van der Waals surface area (Å²) in [6.07, 6.45) is 12.0. The van der Waals surface area contributed by atoms with Gasteiger partial charge in [-0.25, -0.2) is 4.79 Å². The average Bonchev–Trinajstić information content (AvgIpc) is 2.58. The molecule has 3 atom stereocenters. The van der Waals surface area contributed by atoms with E-state index in [1.807, 2.05) is 6.07 Å². The van der Waals surface area contributed by atoms with Gasteiger partial charge in [0.1, 0.15) is 0 Å². The summed E-state index contributed by atoms with van der Waals surface area (Å²) < 4.78 is 0. The van der Waals surface area contributed by atoms with Gasteiger partial charge in [-0.3, -0.25) is 0 Å². The molecule has 144 valence electrons. The highest BCUT2D eigenvalue weighted by Crippen LogP contribution is 2.52. The van der Waals surface area contributed by atoms with Crippen molar-refractivity contribution in [2.75, 3.05) is 0 Å². The van der Waals surface area contributed by atoms with Crippen LogP contribution in [0.3, 0.4) is 0 Å². The molecule has 2 nitrogen and oxygen atoms in total. The molecule has 1 aromatic carbocycles. The van der Waals surface area contributed by atoms with Gasteiger partial charge in [0.2, 0.25) is 0 Å². The summed E-state index contributed by atoms with van der Waals surface area (Å²) in [6.45, 7) is 9.61. The molecule has 0 saturated heterocycles. The van der Waals surface area contributed by atoms with E-state index in [0.717, 1.165) is 11.5 Å². The molecule has 2 rings (SSSR count). The molecule has 0 spiro atoms. The van der Waals surface area contributed by atoms with E-state index in [0.29, 0.717) is 17.3 Å². The number of hydrogen-bond acceptors (Lipinski definition) is 1. The van der Waals surface area contributed by atoms with Gasteiger partial charge >= 0.3 is 5.97 Å². The van der Waals surface area contributed by atoms with Crippen molar-refractivity contribution >= 4 is 12.0 Å². The monoisotopic (exact) mass is 356 g/mol. The lowest BCUT2D eigenvalue weighted by molar-refractivity contribution is -0.131. The minimum Gasteiger partial charge on any atom is -0.478 e. The van der Waals surface area contributed by atoms with Crippen LogP contribution in [0.4, 0.5) is 0 Å². The molecule has 1 fully saturated rings. The summed E-state index contributed by atoms with van der Waals surface area (Å²) in [5.41, 5.74) is 2.74. The highest BCUT2D eigenvalue weighted by atomic mass is 16.4. The van der Waals surface area contributed by atoms with Crippen molar-refractivity contribution in [1.82, 2.24) is 0 Å². The maximum absolute atomic E-state index is 10.9. The summed E-state index contributed by atoms with van der Waals surface area (Å²) in [5, 5.41) is 8.92. The standard InChI is InChI=1S/C24H36O2/c1-5-6-7-13-21(23-18(2)10-9-16-24(23,3)4)20-12-8-11-19(17-20)14-15-22(25)26/h8,11-12,14-15,17-18,21,23H,5-7,9-10,13,16H2,1-4H3,(H,25,26)/t18-,21?,23+/m0/s1. The zero-order chi connectivity index (χ0) is 19.2. The van der Waals surface area contributed by atoms with Crippen molar-refractivity contribution in [2.45, 2.75) is 78.6 Å². The number of rotatable bonds is 8. The SMILES string of the molecule is CCCCCC(c1cccc(C=CC(=O)O)c1)[C@H]1[C@@H](C)CCCC1(C)C. The van der Waals surface area contributed by atoms with Gasteiger partial charge in [-0.2, -0.15) is 0 Å². The predicted molar refractivity (Wildman–Crippen MR) is 110 cm³/mol. The molecular formula is C24H36O2. The van der Waals surface area contributed by atoms with Crippen molar-refractivity contribution in [3.8, 4) is 0 Å². The Balaban J connectivity index is 2.34. The number of hydrogen-bond donors (Lipinski definition) is 1. The molecule has 26 heavy (non-hydrogen) atoms. The van der Waals surface area contributed by atoms with Gasteiger partial charge in [-0.05, 0) is 53.2 Å². The first kappa shape index (κ1) is 20.7. The second-order valence-corrected chi connectivity index (χ2v) is 8.83. The van der Waals surface area contributed by atoms with E-state index in [2.05, 4.69) is 45.9 Å². The van der Waals surface area contributed by atoms with E-state index >= 15 is 0 Å². The fraction of sp³-hybridized carbons (Fsp3) is 0.625. The summed E-state index contributed by atoms with van der Waals surface area (Å²) in [4.78, 5) is 10.9. The van der Waals surface area contributed by atoms with Gasteiger partial charge in [0.05, 0.1) is 0 Å². The molecular weight excluding hydrogens is 320 g/mol. The Bertz CT molecular complexity index is 614. The molecule has 1 unspecified atom stereocenters. The lowest BCUT2D eigenvalue weighted by Crippen LogP contribution is -2.38. The maximum Gasteiger partial charge on any atom is 0.328 e. The summed E-state index contributed by atoms with van der Waals surface area (Å²) >= 11 is 0. The highest BCUT2D eigenvalue weighted by Gasteiger charge is 2.41. The first-order valence-electron chi connectivity index (χ1n) is 10.4. The van der Waals surface area contributed by atoms with Gasteiger partial charge in [0, 0.05) is 6.08 Å². The lowest BCUT2D eigenvalue weighted by atomic mass is 9.57. The van der Waals surface area contributed by atoms with Crippen molar-refractivity contribution in [3.05, 3.63) is 41.5 Å². The lowest BCUT2D eigenvalue weighted by Gasteiger charge is -2.47. The van der Waals surface area contributed by atoms with Crippen molar-refractivity contribution in [3.63, 3.8) is 0 Å². The molecule has 2 heteroatoms. The Hall–Kier alpha value is -1.57. The van der Waals surface area contributed by atoms with E-state index in [9.17, 15) is 4.79 Å². The fourth-order valence-corrected chi connectivity index (χ4v) is 5.17. The van der Waals surface area contributed by atoms with E-state index in [1.54, 1.807) is 6.08 Å². The largest absolute Gasteiger partial charge is 0.478 e. The Morgan fingerprint density at radius 2 is 2.12 bits per heavy atom. The van der Waals surface area contributed by atoms with Crippen molar-refractivity contribution in [1.29, 1.82) is 0 Å². The number of benzene rings is 1. The van der Waals surface area contributed by atoms with Crippen LogP contribution in [0, 0.1) is 17.3 Å². The quantitative estimate of drug-likeness (QED) is 0.406. The van der Waals surface area contributed by atoms with Crippen LogP contribution in [0.25, 0.3) is 6.08 Å². The number of carbonyl (C=O) groups is 1. The van der Waals surface area contributed by atoms with Crippen molar-refractivity contribution in [2.24, 2.45) is 17.3 Å². The predicted octanol–water partition coefficient (Wildman–Crippen LogP) is 6.91. The number of carboxylic acid groups (broad SMARTS) is 1. The summed E-state index contributed by atoms with van der Waals surface area (Å²) in [5.74, 6) is 1.09. The van der Waals surface area contributed by atoms with E-state index in [4.69, 9.17) is 5.11 Å². The minimum absolute atomic E-state index is 0.363. The number of carboxylic acids is 1. The fourth-order valence-electron chi connectivity index (χ4n) is 5.17. The Morgan fingerprint density at radius 3 is 2.77 bits per heavy atom. The molecule has 0 radical (unpaired) electrons. The molecule has 0 aromatic heterocycles. The topological polar surface area (TPSA) is 37.3 Å². The van der Waals surface area contributed by atoms with Gasteiger partial charge in [-0.15, -0.1) is 0 Å². The minimum atomic E-state index is -0.892. The molecule has 1 N–H and O–H groups in total. The van der Waals surface area contributed by atoms with Gasteiger partial charge < -0.3 is 5.11 Å². The van der Waals surface area contributed by atoms with Crippen LogP contribution >= 0.6 is 0 Å². The average molecular weight is 357 g/mol. The molecule has 0 amide bonds. The molecule has 1 saturated carbocycles. The Morgan fingerprint density at radius 1 is 1.35 bits per heavy atom. The smallest absolute Gasteiger partial charge is 0.328 e. The number of aliphatic carboxylic acids is 1. The van der Waals surface area contributed by atoms with Crippen LogP contribution in [-0.4, -0.2) is 11.1 Å². The second kappa shape index (κ2) is 9.39. The number of unbranched alkanes of at least 4 members (excludes halogenated alkanes) is 2. The normalized spacial score (nSPS) is 23.8. The Labute approximate surface area is 159 Å². The van der Waals surface area contributed by atoms with E-state index in [1.165, 1.54) is 56.6 Å². The molecule has 1 aromatic rings. The van der Waals surface area contributed by atoms with Crippen LogP contribution in [0.1, 0.15) is 89.7 Å². The zero-order valence-electron chi connectivity index (χ0n) is 17.0. The first-order chi connectivity index (χ1) is 12.3. The zero-order valence-corrected chi connectivity index (χ0v) is 17.0. The third-order valence-corrected chi connectivity index (χ3v) is 6.31. The van der Waals surface area contributed by atoms with Crippen LogP contribution in [0.2, 0.25) is 0 Å². The van der Waals surface area contributed by atoms with Crippen LogP contribution in [0.15, 0.2) is 30.3 Å². The summed E-state index contributed by atoms with van der Waals surface area (Å²) in [6, 6.07) is 8.56. The van der Waals surface area contributed by atoms with Crippen LogP contribution < -0.4 is 0 Å². The molecule has 0 heterocycles. The molecule has 0 bridgehead atoms. The van der Waals surface area contributed by atoms with E-state index in [-0.39, 0.29) is 0 Å². The van der Waals surface area contributed by atoms with Crippen LogP contribution in [0.5, 0.6) is 0 Å². The van der Waals surface area contributed by atoms with Gasteiger partial charge in [0.25, 0.3) is 0 Å². The first-order valence-corrected chi connectivity index (χ1v) is 10.4. The Kier molecular flexibility index (Phi) is 7.49. The second-order valence-electron chi connectivity index (χ2n) is 8.83. The molecule has 1 aliphatic carbocycles. The van der Waals surface area contributed by atoms with E-state index < -0.39 is 5.97 Å². The maximum atomic E-state index is 10.9. The van der Waals surface area contributed by atoms with Crippen LogP contribution in [-0.2, 0) is 4.79 Å². The molecule has 1 aliphatic rings. The van der Waals surface area contributed by atoms with Gasteiger partial charge in [-0.1, -0.05) is 84.1 Å². The third-order valence-electron chi connectivity index (χ3n) is 6.31. The molecule has 0 aliphatic heterocycles.